The number of hydrogen-bond acceptors (Lipinski definition) is 3. The first-order valence-electron chi connectivity index (χ1n) is 8.60. The Morgan fingerprint density at radius 3 is 1.78 bits per heavy atom. The minimum Gasteiger partial charge on any atom is -0.360 e. The molecule has 27 heavy (non-hydrogen) atoms. The third kappa shape index (κ3) is 4.83. The lowest BCUT2D eigenvalue weighted by atomic mass is 9.98. The topological polar surface area (TPSA) is 64.9 Å². The molecule has 3 aromatic rings. The summed E-state index contributed by atoms with van der Waals surface area (Å²) in [6, 6.07) is 30.4. The lowest BCUT2D eigenvalue weighted by molar-refractivity contribution is -0.117. The Morgan fingerprint density at radius 1 is 0.815 bits per heavy atom. The summed E-state index contributed by atoms with van der Waals surface area (Å²) in [4.78, 5) is 12.7. The molecular formula is C23H19N3O. The zero-order valence-corrected chi connectivity index (χ0v) is 14.7. The van der Waals surface area contributed by atoms with Crippen LogP contribution in [-0.4, -0.2) is 5.91 Å². The van der Waals surface area contributed by atoms with E-state index in [1.54, 1.807) is 0 Å². The van der Waals surface area contributed by atoms with E-state index < -0.39 is 5.91 Å². The van der Waals surface area contributed by atoms with Crippen molar-refractivity contribution in [2.45, 2.75) is 6.04 Å². The van der Waals surface area contributed by atoms with Crippen molar-refractivity contribution in [3.8, 4) is 6.07 Å². The predicted octanol–water partition coefficient (Wildman–Crippen LogP) is 4.41. The first-order valence-corrected chi connectivity index (χ1v) is 8.60. The number of carbonyl (C=O) groups is 1. The molecule has 132 valence electrons. The molecule has 0 spiro atoms. The van der Waals surface area contributed by atoms with Gasteiger partial charge in [-0.15, -0.1) is 0 Å². The van der Waals surface area contributed by atoms with Gasteiger partial charge in [0.25, 0.3) is 5.91 Å². The quantitative estimate of drug-likeness (QED) is 0.509. The molecule has 0 unspecified atom stereocenters. The Hall–Kier alpha value is -3.84. The number of benzene rings is 3. The van der Waals surface area contributed by atoms with Crippen molar-refractivity contribution in [2.75, 3.05) is 5.32 Å². The van der Waals surface area contributed by atoms with Gasteiger partial charge in [0.1, 0.15) is 11.6 Å². The highest BCUT2D eigenvalue weighted by Crippen LogP contribution is 2.22. The van der Waals surface area contributed by atoms with Gasteiger partial charge in [-0.25, -0.2) is 0 Å². The molecule has 3 aromatic carbocycles. The van der Waals surface area contributed by atoms with Crippen LogP contribution in [0.2, 0.25) is 0 Å². The van der Waals surface area contributed by atoms with E-state index in [1.165, 1.54) is 6.20 Å². The van der Waals surface area contributed by atoms with Gasteiger partial charge in [-0.05, 0) is 23.3 Å². The van der Waals surface area contributed by atoms with Gasteiger partial charge in [0.05, 0.1) is 6.04 Å². The van der Waals surface area contributed by atoms with Crippen LogP contribution in [0, 0.1) is 11.3 Å². The number of carbonyl (C=O) groups excluding carboxylic acids is 1. The molecule has 0 saturated carbocycles. The third-order valence-electron chi connectivity index (χ3n) is 4.06. The molecule has 4 nitrogen and oxygen atoms in total. The van der Waals surface area contributed by atoms with Crippen LogP contribution >= 0.6 is 0 Å². The Balaban J connectivity index is 1.82. The molecule has 0 heterocycles. The van der Waals surface area contributed by atoms with Crippen LogP contribution in [0.15, 0.2) is 103 Å². The number of nitrogens with one attached hydrogen (secondary N) is 2. The minimum atomic E-state index is -0.432. The average molecular weight is 353 g/mol. The van der Waals surface area contributed by atoms with Crippen LogP contribution in [0.1, 0.15) is 17.2 Å². The van der Waals surface area contributed by atoms with E-state index in [0.29, 0.717) is 0 Å². The van der Waals surface area contributed by atoms with Crippen molar-refractivity contribution < 1.29 is 4.79 Å². The number of rotatable bonds is 6. The second-order valence-electron chi connectivity index (χ2n) is 5.91. The first-order chi connectivity index (χ1) is 13.3. The van der Waals surface area contributed by atoms with E-state index in [9.17, 15) is 10.1 Å². The molecule has 0 aliphatic rings. The number of anilines is 1. The smallest absolute Gasteiger partial charge is 0.264 e. The van der Waals surface area contributed by atoms with Crippen molar-refractivity contribution in [3.05, 3.63) is 114 Å². The summed E-state index contributed by atoms with van der Waals surface area (Å²) >= 11 is 0. The number of nitriles is 1. The molecule has 1 amide bonds. The summed E-state index contributed by atoms with van der Waals surface area (Å²) in [6.45, 7) is 0. The van der Waals surface area contributed by atoms with E-state index in [2.05, 4.69) is 10.6 Å². The Labute approximate surface area is 158 Å². The second-order valence-corrected chi connectivity index (χ2v) is 5.91. The summed E-state index contributed by atoms with van der Waals surface area (Å²) < 4.78 is 0. The molecule has 4 heteroatoms. The normalized spacial score (nSPS) is 10.9. The number of amides is 1. The lowest BCUT2D eigenvalue weighted by Crippen LogP contribution is -2.30. The molecule has 2 N–H and O–H groups in total. The molecule has 0 aliphatic heterocycles. The van der Waals surface area contributed by atoms with Crippen molar-refractivity contribution in [2.24, 2.45) is 0 Å². The number of para-hydroxylation sites is 1. The Morgan fingerprint density at radius 2 is 1.30 bits per heavy atom. The van der Waals surface area contributed by atoms with E-state index >= 15 is 0 Å². The van der Waals surface area contributed by atoms with Crippen LogP contribution < -0.4 is 10.6 Å². The van der Waals surface area contributed by atoms with Crippen molar-refractivity contribution in [3.63, 3.8) is 0 Å². The fourth-order valence-electron chi connectivity index (χ4n) is 2.70. The molecule has 0 atom stereocenters. The van der Waals surface area contributed by atoms with Gasteiger partial charge in [0, 0.05) is 11.9 Å². The summed E-state index contributed by atoms with van der Waals surface area (Å²) in [5, 5.41) is 15.4. The van der Waals surface area contributed by atoms with Crippen molar-refractivity contribution in [1.82, 2.24) is 5.32 Å². The van der Waals surface area contributed by atoms with E-state index in [4.69, 9.17) is 0 Å². The second kappa shape index (κ2) is 9.02. The van der Waals surface area contributed by atoms with Crippen molar-refractivity contribution in [1.29, 1.82) is 5.26 Å². The average Bonchev–Trinajstić information content (AvgIpc) is 2.74. The van der Waals surface area contributed by atoms with E-state index in [-0.39, 0.29) is 11.6 Å². The zero-order chi connectivity index (χ0) is 18.9. The lowest BCUT2D eigenvalue weighted by Gasteiger charge is -2.19. The van der Waals surface area contributed by atoms with Crippen LogP contribution in [0.5, 0.6) is 0 Å². The summed E-state index contributed by atoms with van der Waals surface area (Å²) in [6.07, 6.45) is 1.43. The Kier molecular flexibility index (Phi) is 6.00. The SMILES string of the molecule is N#C/C(=C/Nc1ccccc1)C(=O)NC(c1ccccc1)c1ccccc1. The van der Waals surface area contributed by atoms with Gasteiger partial charge < -0.3 is 10.6 Å². The van der Waals surface area contributed by atoms with Crippen LogP contribution in [-0.2, 0) is 4.79 Å². The highest BCUT2D eigenvalue weighted by Gasteiger charge is 2.19. The number of nitrogens with zero attached hydrogens (tertiary/aromatic N) is 1. The van der Waals surface area contributed by atoms with Crippen LogP contribution in [0.3, 0.4) is 0 Å². The largest absolute Gasteiger partial charge is 0.360 e. The molecule has 0 saturated heterocycles. The van der Waals surface area contributed by atoms with E-state index in [0.717, 1.165) is 16.8 Å². The minimum absolute atomic E-state index is 0.00992. The molecular weight excluding hydrogens is 334 g/mol. The maximum absolute atomic E-state index is 12.7. The highest BCUT2D eigenvalue weighted by atomic mass is 16.1. The van der Waals surface area contributed by atoms with Gasteiger partial charge in [0.2, 0.25) is 0 Å². The first kappa shape index (κ1) is 18.0. The van der Waals surface area contributed by atoms with Gasteiger partial charge in [-0.2, -0.15) is 5.26 Å². The summed E-state index contributed by atoms with van der Waals surface area (Å²) in [5.74, 6) is -0.432. The summed E-state index contributed by atoms with van der Waals surface area (Å²) in [5.41, 5.74) is 2.71. The van der Waals surface area contributed by atoms with Crippen molar-refractivity contribution >= 4 is 11.6 Å². The predicted molar refractivity (Wildman–Crippen MR) is 107 cm³/mol. The highest BCUT2D eigenvalue weighted by molar-refractivity contribution is 5.98. The molecule has 0 radical (unpaired) electrons. The van der Waals surface area contributed by atoms with E-state index in [1.807, 2.05) is 97.1 Å². The maximum atomic E-state index is 12.7. The molecule has 0 aromatic heterocycles. The maximum Gasteiger partial charge on any atom is 0.264 e. The fraction of sp³-hybridized carbons (Fsp3) is 0.0435. The number of hydrogen-bond donors (Lipinski definition) is 2. The standard InChI is InChI=1S/C23H19N3O/c24-16-20(17-25-21-14-8-3-9-15-21)23(27)26-22(18-10-4-1-5-11-18)19-12-6-2-7-13-19/h1-15,17,22,25H,(H,26,27)/b20-17-. The van der Waals surface area contributed by atoms with Gasteiger partial charge in [0.15, 0.2) is 0 Å². The zero-order valence-electron chi connectivity index (χ0n) is 14.7. The van der Waals surface area contributed by atoms with Gasteiger partial charge >= 0.3 is 0 Å². The van der Waals surface area contributed by atoms with Gasteiger partial charge in [-0.3, -0.25) is 4.79 Å². The monoisotopic (exact) mass is 353 g/mol. The fourth-order valence-corrected chi connectivity index (χ4v) is 2.70. The van der Waals surface area contributed by atoms with Crippen LogP contribution in [0.4, 0.5) is 5.69 Å². The third-order valence-corrected chi connectivity index (χ3v) is 4.06. The Bertz CT molecular complexity index is 906. The van der Waals surface area contributed by atoms with Crippen LogP contribution in [0.25, 0.3) is 0 Å². The molecule has 0 aliphatic carbocycles. The molecule has 3 rings (SSSR count). The molecule has 0 fully saturated rings. The summed E-state index contributed by atoms with van der Waals surface area (Å²) in [7, 11) is 0. The molecule has 0 bridgehead atoms. The van der Waals surface area contributed by atoms with Gasteiger partial charge in [-0.1, -0.05) is 78.9 Å².